The molecule has 0 aromatic heterocycles. The number of ether oxygens (including phenoxy) is 2. The minimum absolute atomic E-state index is 0.165. The fourth-order valence-corrected chi connectivity index (χ4v) is 9.84. The van der Waals surface area contributed by atoms with Crippen LogP contribution in [0.1, 0.15) is 274 Å². The molecular weight excluding hydrogens is 883 g/mol. The lowest BCUT2D eigenvalue weighted by Gasteiger charge is -2.28. The molecule has 0 bridgehead atoms. The van der Waals surface area contributed by atoms with Crippen LogP contribution < -0.4 is 5.32 Å². The molecule has 0 aliphatic rings. The predicted octanol–water partition coefficient (Wildman–Crippen LogP) is 18.9. The molecule has 0 saturated heterocycles. The van der Waals surface area contributed by atoms with Crippen LogP contribution in [0.25, 0.3) is 0 Å². The van der Waals surface area contributed by atoms with Crippen LogP contribution in [-0.2, 0) is 14.3 Å². The summed E-state index contributed by atoms with van der Waals surface area (Å²) in [5.74, 6) is 0.626. The molecule has 2 aromatic carbocycles. The first-order valence-corrected chi connectivity index (χ1v) is 29.3. The highest BCUT2D eigenvalue weighted by Gasteiger charge is 2.21. The van der Waals surface area contributed by atoms with Crippen molar-refractivity contribution in [3.05, 3.63) is 77.2 Å². The summed E-state index contributed by atoms with van der Waals surface area (Å²) in [7, 11) is 0. The van der Waals surface area contributed by atoms with E-state index >= 15 is 0 Å². The molecule has 71 heavy (non-hydrogen) atoms. The summed E-state index contributed by atoms with van der Waals surface area (Å²) in [6.45, 7) is 11.6. The molecule has 1 amide bonds. The molecule has 2 N–H and O–H groups in total. The topological polar surface area (TPSA) is 127 Å². The Balaban J connectivity index is 1.86. The zero-order valence-electron chi connectivity index (χ0n) is 46.0. The van der Waals surface area contributed by atoms with Crippen LogP contribution in [-0.4, -0.2) is 42.7 Å². The Bertz CT molecular complexity index is 1690. The molecule has 0 radical (unpaired) electrons. The molecule has 3 unspecified atom stereocenters. The van der Waals surface area contributed by atoms with Gasteiger partial charge in [-0.25, -0.2) is 9.59 Å². The molecule has 0 saturated carbocycles. The van der Waals surface area contributed by atoms with Gasteiger partial charge in [0.25, 0.3) is 5.91 Å². The number of azo groups is 1. The Morgan fingerprint density at radius 2 is 0.930 bits per heavy atom. The number of rotatable bonds is 46. The molecule has 9 nitrogen and oxygen atoms in total. The van der Waals surface area contributed by atoms with Gasteiger partial charge in [0.15, 0.2) is 5.70 Å². The first kappa shape index (κ1) is 63.1. The molecule has 3 atom stereocenters. The standard InChI is InChI=1S/C62H103N3O6/c1-6-10-13-15-17-23-30-41-54(43-32-25-19-21-27-38-49-70-61(68)56-45-34-29-35-46-56)55(42-31-24-18-16-14-11-7-2)44-33-26-20-22-28-39-50-71-62(69)57-47-36-37-48-58(57)64-65-59(52(5)66)60(67)63-51-53(9-4)40-12-8-3/h29,34-37,45-48,53-55,66H,6-28,30-33,38-44,49-51H2,1-5H3,(H,63,67). The molecule has 2 rings (SSSR count). The second kappa shape index (κ2) is 43.6. The maximum absolute atomic E-state index is 13.2. The van der Waals surface area contributed by atoms with Crippen LogP contribution in [0.5, 0.6) is 0 Å². The summed E-state index contributed by atoms with van der Waals surface area (Å²) in [6, 6.07) is 16.1. The maximum Gasteiger partial charge on any atom is 0.340 e. The molecule has 0 fully saturated rings. The highest BCUT2D eigenvalue weighted by molar-refractivity contribution is 5.95. The van der Waals surface area contributed by atoms with E-state index in [9.17, 15) is 19.5 Å². The third kappa shape index (κ3) is 31.2. The van der Waals surface area contributed by atoms with Crippen molar-refractivity contribution in [1.82, 2.24) is 5.32 Å². The number of allylic oxidation sites excluding steroid dienone is 1. The van der Waals surface area contributed by atoms with E-state index in [1.807, 2.05) is 30.3 Å². The van der Waals surface area contributed by atoms with Gasteiger partial charge >= 0.3 is 11.9 Å². The Morgan fingerprint density at radius 3 is 1.39 bits per heavy atom. The van der Waals surface area contributed by atoms with Crippen LogP contribution >= 0.6 is 0 Å². The second-order valence-electron chi connectivity index (χ2n) is 20.6. The second-order valence-corrected chi connectivity index (χ2v) is 20.6. The summed E-state index contributed by atoms with van der Waals surface area (Å²) in [5, 5.41) is 21.5. The lowest BCUT2D eigenvalue weighted by atomic mass is 9.78. The van der Waals surface area contributed by atoms with Gasteiger partial charge in [-0.15, -0.1) is 10.2 Å². The van der Waals surface area contributed by atoms with Gasteiger partial charge in [-0.2, -0.15) is 0 Å². The predicted molar refractivity (Wildman–Crippen MR) is 296 cm³/mol. The van der Waals surface area contributed by atoms with Crippen molar-refractivity contribution < 1.29 is 29.0 Å². The summed E-state index contributed by atoms with van der Waals surface area (Å²) < 4.78 is 11.2. The lowest BCUT2D eigenvalue weighted by molar-refractivity contribution is -0.118. The average molecular weight is 987 g/mol. The molecule has 0 spiro atoms. The minimum atomic E-state index is -0.483. The van der Waals surface area contributed by atoms with Crippen molar-refractivity contribution in [2.75, 3.05) is 19.8 Å². The molecule has 0 aliphatic carbocycles. The number of nitrogens with one attached hydrogen (secondary N) is 1. The number of esters is 2. The van der Waals surface area contributed by atoms with Gasteiger partial charge < -0.3 is 19.9 Å². The van der Waals surface area contributed by atoms with Crippen molar-refractivity contribution in [1.29, 1.82) is 0 Å². The average Bonchev–Trinajstić information content (AvgIpc) is 3.38. The number of hydrogen-bond acceptors (Lipinski definition) is 8. The van der Waals surface area contributed by atoms with Gasteiger partial charge in [0.2, 0.25) is 0 Å². The number of carbonyl (C=O) groups is 3. The van der Waals surface area contributed by atoms with E-state index < -0.39 is 11.9 Å². The number of amides is 1. The third-order valence-corrected chi connectivity index (χ3v) is 14.5. The van der Waals surface area contributed by atoms with Gasteiger partial charge in [-0.3, -0.25) is 4.79 Å². The third-order valence-electron chi connectivity index (χ3n) is 14.5. The Kier molecular flexibility index (Phi) is 38.7. The van der Waals surface area contributed by atoms with E-state index in [0.717, 1.165) is 69.6 Å². The van der Waals surface area contributed by atoms with Crippen molar-refractivity contribution in [3.8, 4) is 0 Å². The van der Waals surface area contributed by atoms with Crippen molar-refractivity contribution in [2.45, 2.75) is 253 Å². The largest absolute Gasteiger partial charge is 0.510 e. The van der Waals surface area contributed by atoms with Crippen molar-refractivity contribution in [3.63, 3.8) is 0 Å². The monoisotopic (exact) mass is 986 g/mol. The van der Waals surface area contributed by atoms with Gasteiger partial charge in [0, 0.05) is 6.54 Å². The summed E-state index contributed by atoms with van der Waals surface area (Å²) in [6.07, 6.45) is 42.8. The highest BCUT2D eigenvalue weighted by Crippen LogP contribution is 2.34. The van der Waals surface area contributed by atoms with Crippen molar-refractivity contribution in [2.24, 2.45) is 28.0 Å². The first-order chi connectivity index (χ1) is 34.7. The number of nitrogens with zero attached hydrogens (tertiary/aromatic N) is 2. The van der Waals surface area contributed by atoms with E-state index in [2.05, 4.69) is 43.2 Å². The Labute approximate surface area is 434 Å². The smallest absolute Gasteiger partial charge is 0.340 e. The Morgan fingerprint density at radius 1 is 0.507 bits per heavy atom. The molecule has 2 aromatic rings. The lowest BCUT2D eigenvalue weighted by Crippen LogP contribution is -2.30. The van der Waals surface area contributed by atoms with Gasteiger partial charge in [-0.05, 0) is 68.2 Å². The zero-order chi connectivity index (χ0) is 51.4. The van der Waals surface area contributed by atoms with Gasteiger partial charge in [0.1, 0.15) is 11.4 Å². The molecule has 0 heterocycles. The SMILES string of the molecule is CCCCCCCCCC(CCCCCCCCOC(=O)c1ccccc1)C(CCCCCCCCC)CCCCCCCCOC(=O)c1ccccc1N=NC(C(=O)NCC(CC)CCCC)=C(C)O. The minimum Gasteiger partial charge on any atom is -0.510 e. The van der Waals surface area contributed by atoms with E-state index in [1.165, 1.54) is 167 Å². The number of aliphatic hydroxyl groups excluding tert-OH is 1. The summed E-state index contributed by atoms with van der Waals surface area (Å²) in [4.78, 5) is 38.4. The van der Waals surface area contributed by atoms with E-state index in [1.54, 1.807) is 24.3 Å². The molecule has 0 aliphatic heterocycles. The van der Waals surface area contributed by atoms with E-state index in [0.29, 0.717) is 36.9 Å². The van der Waals surface area contributed by atoms with Crippen LogP contribution in [0.4, 0.5) is 5.69 Å². The maximum atomic E-state index is 13.2. The number of aliphatic hydroxyl groups is 1. The van der Waals surface area contributed by atoms with Gasteiger partial charge in [-0.1, -0.05) is 257 Å². The van der Waals surface area contributed by atoms with E-state index in [-0.39, 0.29) is 23.0 Å². The highest BCUT2D eigenvalue weighted by atomic mass is 16.5. The van der Waals surface area contributed by atoms with Crippen LogP contribution in [0.2, 0.25) is 0 Å². The fraction of sp³-hybridized carbons (Fsp3) is 0.726. The number of hydrogen-bond donors (Lipinski definition) is 2. The van der Waals surface area contributed by atoms with Crippen LogP contribution in [0.3, 0.4) is 0 Å². The normalized spacial score (nSPS) is 13.2. The van der Waals surface area contributed by atoms with Gasteiger partial charge in [0.05, 0.1) is 24.3 Å². The van der Waals surface area contributed by atoms with Crippen LogP contribution in [0, 0.1) is 17.8 Å². The fourth-order valence-electron chi connectivity index (χ4n) is 9.84. The Hall–Kier alpha value is -4.01. The first-order valence-electron chi connectivity index (χ1n) is 29.3. The number of benzene rings is 2. The van der Waals surface area contributed by atoms with E-state index in [4.69, 9.17) is 9.47 Å². The molecule has 9 heteroatoms. The summed E-state index contributed by atoms with van der Waals surface area (Å²) in [5.41, 5.74) is 1.04. The number of carbonyl (C=O) groups excluding carboxylic acids is 3. The van der Waals surface area contributed by atoms with Crippen LogP contribution in [0.15, 0.2) is 76.3 Å². The molecule has 402 valence electrons. The van der Waals surface area contributed by atoms with Crippen molar-refractivity contribution >= 4 is 23.5 Å². The zero-order valence-corrected chi connectivity index (χ0v) is 46.0. The molecular formula is C62H103N3O6. The quantitative estimate of drug-likeness (QED) is 0.0224. The number of unbranched alkanes of at least 4 members (excludes halogenated alkanes) is 23. The summed E-state index contributed by atoms with van der Waals surface area (Å²) >= 11 is 0.